The second kappa shape index (κ2) is 9.35. The number of pyridine rings is 1. The van der Waals surface area contributed by atoms with Gasteiger partial charge < -0.3 is 14.4 Å². The molecule has 0 spiro atoms. The third-order valence-electron chi connectivity index (χ3n) is 5.35. The van der Waals surface area contributed by atoms with Crippen LogP contribution in [-0.4, -0.2) is 37.8 Å². The molecule has 6 heteroatoms. The van der Waals surface area contributed by atoms with Crippen molar-refractivity contribution in [3.8, 4) is 17.1 Å². The van der Waals surface area contributed by atoms with Crippen LogP contribution in [-0.2, 0) is 19.9 Å². The van der Waals surface area contributed by atoms with Crippen LogP contribution < -0.4 is 4.74 Å². The van der Waals surface area contributed by atoms with Gasteiger partial charge in [-0.25, -0.2) is 15.0 Å². The van der Waals surface area contributed by atoms with Crippen molar-refractivity contribution in [2.45, 2.75) is 59.3 Å². The number of hydrogen-bond acceptors (Lipinski definition) is 5. The Morgan fingerprint density at radius 1 is 1.03 bits per heavy atom. The van der Waals surface area contributed by atoms with E-state index in [-0.39, 0.29) is 12.5 Å². The molecular weight excluding hydrogens is 364 g/mol. The van der Waals surface area contributed by atoms with Crippen LogP contribution in [0.2, 0.25) is 0 Å². The molecule has 1 N–H and O–H groups in total. The fraction of sp³-hybridized carbons (Fsp3) is 0.522. The Morgan fingerprint density at radius 3 is 2.41 bits per heavy atom. The Balaban J connectivity index is 2.19. The van der Waals surface area contributed by atoms with Crippen LogP contribution in [0, 0.1) is 0 Å². The van der Waals surface area contributed by atoms with E-state index in [0.717, 1.165) is 65.1 Å². The van der Waals surface area contributed by atoms with Gasteiger partial charge in [0, 0.05) is 36.4 Å². The molecule has 0 aliphatic rings. The van der Waals surface area contributed by atoms with Gasteiger partial charge in [-0.05, 0) is 32.3 Å². The van der Waals surface area contributed by atoms with Crippen molar-refractivity contribution < 1.29 is 9.84 Å². The van der Waals surface area contributed by atoms with Gasteiger partial charge in [0.1, 0.15) is 5.52 Å². The predicted octanol–water partition coefficient (Wildman–Crippen LogP) is 4.43. The summed E-state index contributed by atoms with van der Waals surface area (Å²) in [5.41, 5.74) is 6.65. The summed E-state index contributed by atoms with van der Waals surface area (Å²) in [5, 5.41) is 9.90. The first-order chi connectivity index (χ1) is 14.1. The molecule has 3 aromatic heterocycles. The van der Waals surface area contributed by atoms with Gasteiger partial charge in [-0.2, -0.15) is 0 Å². The maximum atomic E-state index is 9.90. The SMILES string of the molecule is CCC[C@@H](CO)c1cn(C)c2nc(-c3ccc(OCC)nc3CC)c(CC)nc12. The highest BCUT2D eigenvalue weighted by Crippen LogP contribution is 2.32. The van der Waals surface area contributed by atoms with Gasteiger partial charge in [0.05, 0.1) is 30.3 Å². The maximum Gasteiger partial charge on any atom is 0.213 e. The quantitative estimate of drug-likeness (QED) is 0.579. The third kappa shape index (κ3) is 4.13. The van der Waals surface area contributed by atoms with Crippen LogP contribution in [0.1, 0.15) is 63.4 Å². The maximum absolute atomic E-state index is 9.90. The summed E-state index contributed by atoms with van der Waals surface area (Å²) in [6.07, 6.45) is 5.59. The van der Waals surface area contributed by atoms with E-state index in [1.165, 1.54) is 0 Å². The number of rotatable bonds is 9. The van der Waals surface area contributed by atoms with E-state index in [1.54, 1.807) is 0 Å². The number of nitrogens with zero attached hydrogens (tertiary/aromatic N) is 4. The van der Waals surface area contributed by atoms with Crippen LogP contribution in [0.4, 0.5) is 0 Å². The molecule has 0 fully saturated rings. The molecule has 0 aliphatic carbocycles. The number of aryl methyl sites for hydroxylation is 3. The van der Waals surface area contributed by atoms with E-state index < -0.39 is 0 Å². The summed E-state index contributed by atoms with van der Waals surface area (Å²) in [4.78, 5) is 14.7. The Kier molecular flexibility index (Phi) is 6.85. The van der Waals surface area contributed by atoms with Gasteiger partial charge >= 0.3 is 0 Å². The number of hydrogen-bond donors (Lipinski definition) is 1. The second-order valence-electron chi connectivity index (χ2n) is 7.34. The lowest BCUT2D eigenvalue weighted by molar-refractivity contribution is 0.259. The topological polar surface area (TPSA) is 73.1 Å². The lowest BCUT2D eigenvalue weighted by atomic mass is 9.97. The highest BCUT2D eigenvalue weighted by atomic mass is 16.5. The molecule has 3 rings (SSSR count). The minimum Gasteiger partial charge on any atom is -0.478 e. The molecule has 0 bridgehead atoms. The summed E-state index contributed by atoms with van der Waals surface area (Å²) in [7, 11) is 1.99. The summed E-state index contributed by atoms with van der Waals surface area (Å²) in [6, 6.07) is 3.95. The molecule has 3 aromatic rings. The highest BCUT2D eigenvalue weighted by molar-refractivity contribution is 5.81. The van der Waals surface area contributed by atoms with Crippen molar-refractivity contribution in [3.63, 3.8) is 0 Å². The first kappa shape index (κ1) is 21.2. The normalized spacial score (nSPS) is 12.5. The highest BCUT2D eigenvalue weighted by Gasteiger charge is 2.21. The average Bonchev–Trinajstić information content (AvgIpc) is 3.06. The van der Waals surface area contributed by atoms with Crippen LogP contribution in [0.25, 0.3) is 22.4 Å². The van der Waals surface area contributed by atoms with Gasteiger partial charge in [-0.3, -0.25) is 0 Å². The zero-order valence-electron chi connectivity index (χ0n) is 18.2. The number of fused-ring (bicyclic) bond motifs is 1. The van der Waals surface area contributed by atoms with Gasteiger partial charge in [0.2, 0.25) is 5.88 Å². The van der Waals surface area contributed by atoms with E-state index in [1.807, 2.05) is 30.7 Å². The first-order valence-electron chi connectivity index (χ1n) is 10.7. The van der Waals surface area contributed by atoms with E-state index in [9.17, 15) is 5.11 Å². The first-order valence-corrected chi connectivity index (χ1v) is 10.7. The second-order valence-corrected chi connectivity index (χ2v) is 7.34. The van der Waals surface area contributed by atoms with Gasteiger partial charge in [0.25, 0.3) is 0 Å². The average molecular weight is 397 g/mol. The minimum atomic E-state index is 0.0897. The molecule has 1 atom stereocenters. The van der Waals surface area contributed by atoms with Crippen LogP contribution in [0.15, 0.2) is 18.3 Å². The number of aliphatic hydroxyl groups excluding tert-OH is 1. The van der Waals surface area contributed by atoms with Crippen molar-refractivity contribution in [2.24, 2.45) is 7.05 Å². The standard InChI is InChI=1S/C23H32N4O2/c1-6-10-15(14-28)17-13-27(5)23-22(17)25-19(8-3)21(26-23)16-11-12-20(29-9-4)24-18(16)7-2/h11-13,15,28H,6-10,14H2,1-5H3/t15-/m0/s1. The van der Waals surface area contributed by atoms with Crippen LogP contribution in [0.5, 0.6) is 5.88 Å². The molecule has 156 valence electrons. The molecular formula is C23H32N4O2. The summed E-state index contributed by atoms with van der Waals surface area (Å²) in [6.45, 7) is 9.01. The smallest absolute Gasteiger partial charge is 0.213 e. The molecule has 0 amide bonds. The molecule has 0 saturated heterocycles. The molecule has 0 saturated carbocycles. The minimum absolute atomic E-state index is 0.0897. The molecule has 0 aromatic carbocycles. The van der Waals surface area contributed by atoms with Gasteiger partial charge in [-0.15, -0.1) is 0 Å². The molecule has 0 radical (unpaired) electrons. The number of aliphatic hydroxyl groups is 1. The summed E-state index contributed by atoms with van der Waals surface area (Å²) < 4.78 is 7.60. The van der Waals surface area contributed by atoms with Gasteiger partial charge in [-0.1, -0.05) is 27.2 Å². The molecule has 0 aliphatic heterocycles. The molecule has 29 heavy (non-hydrogen) atoms. The lowest BCUT2D eigenvalue weighted by Crippen LogP contribution is -2.06. The Hall–Kier alpha value is -2.47. The van der Waals surface area contributed by atoms with E-state index >= 15 is 0 Å². The number of ether oxygens (including phenoxy) is 1. The number of aromatic nitrogens is 4. The Bertz CT molecular complexity index is 981. The third-order valence-corrected chi connectivity index (χ3v) is 5.35. The largest absolute Gasteiger partial charge is 0.478 e. The van der Waals surface area contributed by atoms with Crippen molar-refractivity contribution >= 4 is 11.2 Å². The summed E-state index contributed by atoms with van der Waals surface area (Å²) >= 11 is 0. The lowest BCUT2D eigenvalue weighted by Gasteiger charge is -2.14. The fourth-order valence-electron chi connectivity index (χ4n) is 3.88. The van der Waals surface area contributed by atoms with E-state index in [2.05, 4.69) is 32.0 Å². The van der Waals surface area contributed by atoms with Crippen LogP contribution in [0.3, 0.4) is 0 Å². The van der Waals surface area contributed by atoms with E-state index in [0.29, 0.717) is 12.5 Å². The molecule has 6 nitrogen and oxygen atoms in total. The van der Waals surface area contributed by atoms with Crippen molar-refractivity contribution in [3.05, 3.63) is 35.3 Å². The van der Waals surface area contributed by atoms with Gasteiger partial charge in [0.15, 0.2) is 5.65 Å². The van der Waals surface area contributed by atoms with Crippen molar-refractivity contribution in [1.82, 2.24) is 19.5 Å². The summed E-state index contributed by atoms with van der Waals surface area (Å²) in [5.74, 6) is 0.735. The molecule has 0 unspecified atom stereocenters. The zero-order chi connectivity index (χ0) is 21.0. The fourth-order valence-corrected chi connectivity index (χ4v) is 3.88. The Morgan fingerprint density at radius 2 is 1.79 bits per heavy atom. The van der Waals surface area contributed by atoms with Crippen molar-refractivity contribution in [1.29, 1.82) is 0 Å². The van der Waals surface area contributed by atoms with Crippen molar-refractivity contribution in [2.75, 3.05) is 13.2 Å². The molecule has 3 heterocycles. The van der Waals surface area contributed by atoms with E-state index in [4.69, 9.17) is 14.7 Å². The zero-order valence-corrected chi connectivity index (χ0v) is 18.2. The van der Waals surface area contributed by atoms with Crippen LogP contribution >= 0.6 is 0 Å². The Labute approximate surface area is 173 Å². The predicted molar refractivity (Wildman–Crippen MR) is 116 cm³/mol. The monoisotopic (exact) mass is 396 g/mol.